The van der Waals surface area contributed by atoms with E-state index >= 15 is 0 Å². The van der Waals surface area contributed by atoms with Gasteiger partial charge in [-0.25, -0.2) is 0 Å². The van der Waals surface area contributed by atoms with Gasteiger partial charge in [0.15, 0.2) is 12.4 Å². The molecule has 0 saturated carbocycles. The predicted molar refractivity (Wildman–Crippen MR) is 375 cm³/mol. The number of hydrogen-bond donors (Lipinski definition) is 6. The number of amides is 1. The standard InChI is InChI=1S/C78H141NO10/c1-4-7-10-13-16-19-22-25-27-29-31-33-35-36-37-39-41-43-45-48-51-54-57-60-63-66-73(83)89-76-75(85)74(84)72(67-80)88-78(76)87-68-69(70(81)64-61-58-55-52-49-46-24-21-18-15-12-9-6-3)79-77(86)71(82)65-62-59-56-53-50-47-44-42-40-38-34-32-30-28-26-23-20-17-14-11-8-5-2/h16,19,25-28,31,33,36-37,61,64,69-72,74-76,78,80-82,84-85H,4-15,17-18,20-24,29-30,32,34-35,38-60,62-63,65-68H2,1-3H3,(H,79,86)/b19-16-,27-25-,28-26+,33-31-,37-36-,64-61+. The van der Waals surface area contributed by atoms with Crippen LogP contribution in [0.4, 0.5) is 0 Å². The van der Waals surface area contributed by atoms with Crippen LogP contribution in [0.15, 0.2) is 72.9 Å². The van der Waals surface area contributed by atoms with E-state index in [0.29, 0.717) is 19.3 Å². The van der Waals surface area contributed by atoms with Crippen LogP contribution in [0.5, 0.6) is 0 Å². The molecule has 0 radical (unpaired) electrons. The second-order valence-electron chi connectivity index (χ2n) is 26.0. The molecule has 8 unspecified atom stereocenters. The number of ether oxygens (including phenoxy) is 3. The van der Waals surface area contributed by atoms with Crippen LogP contribution in [0.3, 0.4) is 0 Å². The fourth-order valence-electron chi connectivity index (χ4n) is 11.6. The minimum Gasteiger partial charge on any atom is -0.454 e. The summed E-state index contributed by atoms with van der Waals surface area (Å²) in [4.78, 5) is 26.7. The Morgan fingerprint density at radius 3 is 1.19 bits per heavy atom. The first-order valence-corrected chi connectivity index (χ1v) is 37.7. The predicted octanol–water partition coefficient (Wildman–Crippen LogP) is 19.9. The van der Waals surface area contributed by atoms with E-state index in [-0.39, 0.29) is 13.0 Å². The van der Waals surface area contributed by atoms with Crippen LogP contribution in [-0.4, -0.2) is 99.6 Å². The first kappa shape index (κ1) is 84.1. The molecule has 0 aromatic heterocycles. The number of carbonyl (C=O) groups excluding carboxylic acids is 2. The summed E-state index contributed by atoms with van der Waals surface area (Å²) in [5.74, 6) is -1.19. The number of nitrogens with one attached hydrogen (secondary N) is 1. The van der Waals surface area contributed by atoms with Gasteiger partial charge in [0.25, 0.3) is 0 Å². The lowest BCUT2D eigenvalue weighted by atomic mass is 9.99. The van der Waals surface area contributed by atoms with E-state index in [1.165, 1.54) is 212 Å². The van der Waals surface area contributed by atoms with Crippen LogP contribution < -0.4 is 5.32 Å². The van der Waals surface area contributed by atoms with Crippen molar-refractivity contribution < 1.29 is 49.3 Å². The van der Waals surface area contributed by atoms with Gasteiger partial charge in [0.1, 0.15) is 24.4 Å². The summed E-state index contributed by atoms with van der Waals surface area (Å²) in [6, 6.07) is -1.03. The Morgan fingerprint density at radius 1 is 0.438 bits per heavy atom. The summed E-state index contributed by atoms with van der Waals surface area (Å²) in [7, 11) is 0. The molecule has 11 heteroatoms. The molecule has 11 nitrogen and oxygen atoms in total. The molecule has 1 saturated heterocycles. The minimum absolute atomic E-state index is 0.115. The molecule has 1 rings (SSSR count). The van der Waals surface area contributed by atoms with E-state index in [1.54, 1.807) is 6.08 Å². The van der Waals surface area contributed by atoms with E-state index < -0.39 is 67.4 Å². The Balaban J connectivity index is 2.56. The fraction of sp³-hybridized carbons (Fsp3) is 0.821. The Labute approximate surface area is 547 Å². The van der Waals surface area contributed by atoms with Crippen molar-refractivity contribution in [3.05, 3.63) is 72.9 Å². The van der Waals surface area contributed by atoms with Crippen molar-refractivity contribution >= 4 is 11.9 Å². The van der Waals surface area contributed by atoms with Crippen molar-refractivity contribution in [2.24, 2.45) is 0 Å². The van der Waals surface area contributed by atoms with Crippen molar-refractivity contribution in [1.29, 1.82) is 0 Å². The number of hydrogen-bond acceptors (Lipinski definition) is 10. The summed E-state index contributed by atoms with van der Waals surface area (Å²) >= 11 is 0. The molecule has 0 bridgehead atoms. The molecule has 1 aliphatic rings. The summed E-state index contributed by atoms with van der Waals surface area (Å²) in [6.45, 7) is 5.80. The zero-order valence-electron chi connectivity index (χ0n) is 57.8. The highest BCUT2D eigenvalue weighted by Crippen LogP contribution is 2.26. The van der Waals surface area contributed by atoms with Gasteiger partial charge < -0.3 is 45.1 Å². The molecule has 1 amide bonds. The van der Waals surface area contributed by atoms with Crippen molar-refractivity contribution in [1.82, 2.24) is 5.32 Å². The molecule has 0 aliphatic carbocycles. The molecule has 1 aliphatic heterocycles. The molecule has 6 N–H and O–H groups in total. The van der Waals surface area contributed by atoms with Gasteiger partial charge >= 0.3 is 5.97 Å². The molecule has 0 spiro atoms. The summed E-state index contributed by atoms with van der Waals surface area (Å²) in [6.07, 6.45) is 75.1. The second kappa shape index (κ2) is 65.2. The first-order valence-electron chi connectivity index (χ1n) is 37.7. The quantitative estimate of drug-likeness (QED) is 0.0195. The maximum absolute atomic E-state index is 13.5. The molecule has 0 aromatic rings. The zero-order chi connectivity index (χ0) is 64.6. The van der Waals surface area contributed by atoms with Crippen LogP contribution in [0.1, 0.15) is 348 Å². The highest BCUT2D eigenvalue weighted by atomic mass is 16.7. The van der Waals surface area contributed by atoms with Gasteiger partial charge in [-0.15, -0.1) is 0 Å². The normalized spacial score (nSPS) is 18.5. The average molecular weight is 1250 g/mol. The lowest BCUT2D eigenvalue weighted by Crippen LogP contribution is -2.61. The number of aliphatic hydroxyl groups excluding tert-OH is 5. The maximum Gasteiger partial charge on any atom is 0.306 e. The molecule has 518 valence electrons. The lowest BCUT2D eigenvalue weighted by Gasteiger charge is -2.41. The van der Waals surface area contributed by atoms with Crippen molar-refractivity contribution in [3.63, 3.8) is 0 Å². The van der Waals surface area contributed by atoms with E-state index in [4.69, 9.17) is 14.2 Å². The summed E-state index contributed by atoms with van der Waals surface area (Å²) in [5, 5.41) is 57.4. The van der Waals surface area contributed by atoms with Crippen LogP contribution in [0.25, 0.3) is 0 Å². The number of unbranched alkanes of at least 4 members (excludes halogenated alkanes) is 41. The number of aliphatic hydroxyl groups is 5. The van der Waals surface area contributed by atoms with Gasteiger partial charge in [-0.05, 0) is 96.3 Å². The number of rotatable bonds is 65. The molecule has 1 fully saturated rings. The van der Waals surface area contributed by atoms with E-state index in [9.17, 15) is 35.1 Å². The van der Waals surface area contributed by atoms with Gasteiger partial charge in [-0.1, -0.05) is 318 Å². The largest absolute Gasteiger partial charge is 0.454 e. The molecule has 0 aromatic carbocycles. The van der Waals surface area contributed by atoms with Crippen LogP contribution in [0, 0.1) is 0 Å². The summed E-state index contributed by atoms with van der Waals surface area (Å²) < 4.78 is 17.7. The molecular formula is C78H141NO10. The van der Waals surface area contributed by atoms with Gasteiger partial charge in [-0.3, -0.25) is 9.59 Å². The van der Waals surface area contributed by atoms with Crippen LogP contribution in [-0.2, 0) is 23.8 Å². The van der Waals surface area contributed by atoms with Gasteiger partial charge in [0.05, 0.1) is 25.4 Å². The summed E-state index contributed by atoms with van der Waals surface area (Å²) in [5.41, 5.74) is 0. The van der Waals surface area contributed by atoms with E-state index in [1.807, 2.05) is 6.08 Å². The number of esters is 1. The number of carbonyl (C=O) groups is 2. The maximum atomic E-state index is 13.5. The second-order valence-corrected chi connectivity index (χ2v) is 26.0. The van der Waals surface area contributed by atoms with E-state index in [2.05, 4.69) is 86.8 Å². The Kier molecular flexibility index (Phi) is 61.6. The highest BCUT2D eigenvalue weighted by molar-refractivity contribution is 5.80. The molecule has 1 heterocycles. The highest BCUT2D eigenvalue weighted by Gasteiger charge is 2.47. The SMILES string of the molecule is CCCCC/C=C\C/C=C\C/C=C\C/C=C\CCCCCCCCCCCC(=O)OC1C(OCC(NC(=O)C(O)CCCCCCCCCCCCCC/C=C/CCCCCCCC)C(O)/C=C/CCCCCCCCCCCCC)OC(CO)C(O)C1O. The molecule has 8 atom stereocenters. The smallest absolute Gasteiger partial charge is 0.306 e. The van der Waals surface area contributed by atoms with Gasteiger partial charge in [0.2, 0.25) is 5.91 Å². The van der Waals surface area contributed by atoms with Gasteiger partial charge in [-0.2, -0.15) is 0 Å². The van der Waals surface area contributed by atoms with Crippen LogP contribution in [0.2, 0.25) is 0 Å². The third kappa shape index (κ3) is 52.2. The Hall–Kier alpha value is -2.90. The monoisotopic (exact) mass is 1250 g/mol. The third-order valence-corrected chi connectivity index (χ3v) is 17.6. The topological polar surface area (TPSA) is 175 Å². The molecular weight excluding hydrogens is 1110 g/mol. The van der Waals surface area contributed by atoms with Crippen molar-refractivity contribution in [3.8, 4) is 0 Å². The Morgan fingerprint density at radius 2 is 0.775 bits per heavy atom. The first-order chi connectivity index (χ1) is 43.7. The van der Waals surface area contributed by atoms with Crippen molar-refractivity contribution in [2.45, 2.75) is 397 Å². The number of allylic oxidation sites excluding steroid dienone is 11. The van der Waals surface area contributed by atoms with E-state index in [0.717, 1.165) is 89.9 Å². The zero-order valence-corrected chi connectivity index (χ0v) is 57.8. The molecule has 89 heavy (non-hydrogen) atoms. The minimum atomic E-state index is -1.62. The van der Waals surface area contributed by atoms with Gasteiger partial charge in [0, 0.05) is 6.42 Å². The van der Waals surface area contributed by atoms with Crippen LogP contribution >= 0.6 is 0 Å². The fourth-order valence-corrected chi connectivity index (χ4v) is 11.6. The third-order valence-electron chi connectivity index (χ3n) is 17.6. The average Bonchev–Trinajstić information content (AvgIpc) is 1.80. The van der Waals surface area contributed by atoms with Crippen molar-refractivity contribution in [2.75, 3.05) is 13.2 Å². The Bertz CT molecular complexity index is 1730. The lowest BCUT2D eigenvalue weighted by molar-refractivity contribution is -0.305.